The number of halogens is 1. The number of aromatic amines is 1. The average molecular weight is 373 g/mol. The SMILES string of the molecule is COc1ncnc(C(OC)c2cc(C(=O)NCCF)c3nc[nH]c3c2)c1C. The molecule has 0 saturated carbocycles. The highest BCUT2D eigenvalue weighted by atomic mass is 19.1. The molecule has 1 amide bonds. The molecule has 0 spiro atoms. The molecule has 0 fully saturated rings. The van der Waals surface area contributed by atoms with E-state index in [9.17, 15) is 9.18 Å². The molecule has 9 heteroatoms. The van der Waals surface area contributed by atoms with Crippen molar-refractivity contribution in [1.82, 2.24) is 25.3 Å². The highest BCUT2D eigenvalue weighted by Gasteiger charge is 2.23. The first-order valence-corrected chi connectivity index (χ1v) is 8.30. The second-order valence-corrected chi connectivity index (χ2v) is 5.82. The summed E-state index contributed by atoms with van der Waals surface area (Å²) in [5.41, 5.74) is 3.56. The van der Waals surface area contributed by atoms with E-state index in [0.717, 1.165) is 5.56 Å². The van der Waals surface area contributed by atoms with E-state index in [2.05, 4.69) is 25.3 Å². The van der Waals surface area contributed by atoms with Crippen LogP contribution in [-0.2, 0) is 4.74 Å². The molecule has 1 aromatic carbocycles. The van der Waals surface area contributed by atoms with Crippen LogP contribution in [0.5, 0.6) is 5.88 Å². The number of aromatic nitrogens is 4. The van der Waals surface area contributed by atoms with E-state index >= 15 is 0 Å². The van der Waals surface area contributed by atoms with Gasteiger partial charge in [0.05, 0.1) is 30.2 Å². The van der Waals surface area contributed by atoms with Crippen LogP contribution >= 0.6 is 0 Å². The highest BCUT2D eigenvalue weighted by Crippen LogP contribution is 2.31. The lowest BCUT2D eigenvalue weighted by Crippen LogP contribution is -2.26. The topological polar surface area (TPSA) is 102 Å². The maximum absolute atomic E-state index is 12.5. The zero-order valence-electron chi connectivity index (χ0n) is 15.2. The van der Waals surface area contributed by atoms with Crippen molar-refractivity contribution in [2.75, 3.05) is 27.4 Å². The number of imidazole rings is 1. The van der Waals surface area contributed by atoms with Gasteiger partial charge in [-0.1, -0.05) is 0 Å². The molecule has 3 aromatic rings. The third-order valence-electron chi connectivity index (χ3n) is 4.23. The number of methoxy groups -OCH3 is 2. The van der Waals surface area contributed by atoms with Crippen LogP contribution in [0.1, 0.15) is 33.3 Å². The highest BCUT2D eigenvalue weighted by molar-refractivity contribution is 6.05. The number of H-pyrrole nitrogens is 1. The minimum Gasteiger partial charge on any atom is -0.481 e. The lowest BCUT2D eigenvalue weighted by atomic mass is 9.99. The molecule has 8 nitrogen and oxygen atoms in total. The molecule has 3 rings (SSSR count). The van der Waals surface area contributed by atoms with Crippen LogP contribution < -0.4 is 10.1 Å². The fourth-order valence-corrected chi connectivity index (χ4v) is 2.98. The Bertz CT molecular complexity index is 959. The molecule has 142 valence electrons. The van der Waals surface area contributed by atoms with Crippen LogP contribution in [0.15, 0.2) is 24.8 Å². The van der Waals surface area contributed by atoms with Crippen LogP contribution in [-0.4, -0.2) is 53.3 Å². The van der Waals surface area contributed by atoms with Gasteiger partial charge in [0.2, 0.25) is 5.88 Å². The summed E-state index contributed by atoms with van der Waals surface area (Å²) in [6.45, 7) is 1.13. The minimum atomic E-state index is -0.643. The van der Waals surface area contributed by atoms with Gasteiger partial charge in [0.25, 0.3) is 5.91 Å². The molecular formula is C18H20FN5O3. The minimum absolute atomic E-state index is 0.0646. The normalized spacial score (nSPS) is 12.1. The van der Waals surface area contributed by atoms with E-state index in [1.807, 2.05) is 13.0 Å². The van der Waals surface area contributed by atoms with E-state index in [0.29, 0.717) is 33.7 Å². The lowest BCUT2D eigenvalue weighted by molar-refractivity contribution is 0.0951. The molecule has 0 radical (unpaired) electrons. The van der Waals surface area contributed by atoms with Crippen LogP contribution in [0.3, 0.4) is 0 Å². The molecule has 0 aliphatic heterocycles. The summed E-state index contributed by atoms with van der Waals surface area (Å²) in [4.78, 5) is 28.1. The molecule has 1 unspecified atom stereocenters. The van der Waals surface area contributed by atoms with Crippen LogP contribution in [0.4, 0.5) is 4.39 Å². The summed E-state index contributed by atoms with van der Waals surface area (Å²) in [5.74, 6) is 0.0454. The Balaban J connectivity index is 2.11. The summed E-state index contributed by atoms with van der Waals surface area (Å²) in [6.07, 6.45) is 2.35. The molecule has 0 aliphatic rings. The van der Waals surface area contributed by atoms with Crippen LogP contribution in [0, 0.1) is 6.92 Å². The second-order valence-electron chi connectivity index (χ2n) is 5.82. The number of amides is 1. The van der Waals surface area contributed by atoms with Crippen molar-refractivity contribution in [2.45, 2.75) is 13.0 Å². The van der Waals surface area contributed by atoms with Gasteiger partial charge in [0.15, 0.2) is 0 Å². The van der Waals surface area contributed by atoms with Gasteiger partial charge in [-0.05, 0) is 24.6 Å². The number of hydrogen-bond acceptors (Lipinski definition) is 6. The van der Waals surface area contributed by atoms with Crippen molar-refractivity contribution in [3.63, 3.8) is 0 Å². The number of fused-ring (bicyclic) bond motifs is 1. The Labute approximate surface area is 155 Å². The van der Waals surface area contributed by atoms with Crippen LogP contribution in [0.2, 0.25) is 0 Å². The predicted octanol–water partition coefficient (Wildman–Crippen LogP) is 2.11. The number of ether oxygens (including phenoxy) is 2. The fraction of sp³-hybridized carbons (Fsp3) is 0.333. The average Bonchev–Trinajstić information content (AvgIpc) is 3.16. The van der Waals surface area contributed by atoms with E-state index in [4.69, 9.17) is 9.47 Å². The second kappa shape index (κ2) is 8.09. The van der Waals surface area contributed by atoms with Crippen molar-refractivity contribution >= 4 is 16.9 Å². The molecule has 27 heavy (non-hydrogen) atoms. The Morgan fingerprint density at radius 1 is 1.30 bits per heavy atom. The number of nitrogens with zero attached hydrogens (tertiary/aromatic N) is 3. The molecule has 0 bridgehead atoms. The zero-order valence-corrected chi connectivity index (χ0v) is 15.2. The first-order chi connectivity index (χ1) is 13.1. The van der Waals surface area contributed by atoms with Crippen molar-refractivity contribution < 1.29 is 18.7 Å². The molecule has 0 saturated heterocycles. The number of carbonyl (C=O) groups excluding carboxylic acids is 1. The summed E-state index contributed by atoms with van der Waals surface area (Å²) >= 11 is 0. The summed E-state index contributed by atoms with van der Waals surface area (Å²) in [7, 11) is 3.09. The Hall–Kier alpha value is -3.07. The van der Waals surface area contributed by atoms with Gasteiger partial charge in [0.1, 0.15) is 24.6 Å². The zero-order chi connectivity index (χ0) is 19.4. The molecule has 2 aromatic heterocycles. The Morgan fingerprint density at radius 3 is 2.81 bits per heavy atom. The maximum Gasteiger partial charge on any atom is 0.253 e. The molecule has 1 atom stereocenters. The van der Waals surface area contributed by atoms with Crippen molar-refractivity contribution in [2.24, 2.45) is 0 Å². The van der Waals surface area contributed by atoms with Gasteiger partial charge in [-0.25, -0.2) is 19.3 Å². The monoisotopic (exact) mass is 373 g/mol. The quantitative estimate of drug-likeness (QED) is 0.658. The smallest absolute Gasteiger partial charge is 0.253 e. The van der Waals surface area contributed by atoms with Gasteiger partial charge >= 0.3 is 0 Å². The summed E-state index contributed by atoms with van der Waals surface area (Å²) in [6, 6.07) is 3.52. The third kappa shape index (κ3) is 3.59. The lowest BCUT2D eigenvalue weighted by Gasteiger charge is -2.19. The standard InChI is InChI=1S/C18H20FN5O3/c1-10-14(22-9-24-18(10)27-3)16(26-2)11-6-12(17(25)20-5-4-19)15-13(7-11)21-8-23-15/h6-9,16H,4-5H2,1-3H3,(H,20,25)(H,21,23). The number of benzene rings is 1. The van der Waals surface area contributed by atoms with Crippen molar-refractivity contribution in [3.8, 4) is 5.88 Å². The van der Waals surface area contributed by atoms with Crippen LogP contribution in [0.25, 0.3) is 11.0 Å². The summed E-state index contributed by atoms with van der Waals surface area (Å²) < 4.78 is 23.4. The van der Waals surface area contributed by atoms with Gasteiger partial charge in [-0.3, -0.25) is 4.79 Å². The van der Waals surface area contributed by atoms with E-state index in [1.54, 1.807) is 13.2 Å². The number of nitrogens with one attached hydrogen (secondary N) is 2. The van der Waals surface area contributed by atoms with Gasteiger partial charge in [-0.15, -0.1) is 0 Å². The Kier molecular flexibility index (Phi) is 5.60. The third-order valence-corrected chi connectivity index (χ3v) is 4.23. The van der Waals surface area contributed by atoms with E-state index in [1.165, 1.54) is 19.8 Å². The van der Waals surface area contributed by atoms with Crippen molar-refractivity contribution in [1.29, 1.82) is 0 Å². The fourth-order valence-electron chi connectivity index (χ4n) is 2.98. The number of hydrogen-bond donors (Lipinski definition) is 2. The van der Waals surface area contributed by atoms with Gasteiger partial charge in [0, 0.05) is 19.2 Å². The summed E-state index contributed by atoms with van der Waals surface area (Å²) in [5, 5.41) is 2.53. The molecule has 2 N–H and O–H groups in total. The van der Waals surface area contributed by atoms with Gasteiger partial charge < -0.3 is 19.8 Å². The molecule has 0 aliphatic carbocycles. The number of carbonyl (C=O) groups is 1. The Morgan fingerprint density at radius 2 is 2.11 bits per heavy atom. The van der Waals surface area contributed by atoms with E-state index < -0.39 is 18.7 Å². The van der Waals surface area contributed by atoms with Gasteiger partial charge in [-0.2, -0.15) is 0 Å². The first-order valence-electron chi connectivity index (χ1n) is 8.30. The first kappa shape index (κ1) is 18.7. The predicted molar refractivity (Wildman–Crippen MR) is 96.6 cm³/mol. The van der Waals surface area contributed by atoms with E-state index in [-0.39, 0.29) is 6.54 Å². The maximum atomic E-state index is 12.5. The number of rotatable bonds is 7. The number of alkyl halides is 1. The van der Waals surface area contributed by atoms with Crippen molar-refractivity contribution in [3.05, 3.63) is 47.2 Å². The molecule has 2 heterocycles. The largest absolute Gasteiger partial charge is 0.481 e. The molecular weight excluding hydrogens is 353 g/mol.